The first-order valence-electron chi connectivity index (χ1n) is 9.46. The van der Waals surface area contributed by atoms with Crippen LogP contribution in [0, 0.1) is 0 Å². The molecule has 30 heavy (non-hydrogen) atoms. The molecule has 2 aromatic heterocycles. The summed E-state index contributed by atoms with van der Waals surface area (Å²) in [6.45, 7) is 3.53. The number of carboxylic acid groups (broad SMARTS) is 1. The highest BCUT2D eigenvalue weighted by atomic mass is 19.4. The Morgan fingerprint density at radius 1 is 1.07 bits per heavy atom. The molecule has 11 heteroatoms. The van der Waals surface area contributed by atoms with Crippen LogP contribution >= 0.6 is 0 Å². The quantitative estimate of drug-likeness (QED) is 0.788. The molecule has 1 fully saturated rings. The van der Waals surface area contributed by atoms with Crippen LogP contribution in [0.15, 0.2) is 29.3 Å². The summed E-state index contributed by atoms with van der Waals surface area (Å²) in [4.78, 5) is 34.7. The number of anilines is 1. The molecule has 0 aliphatic carbocycles. The van der Waals surface area contributed by atoms with E-state index in [1.807, 2.05) is 4.90 Å². The first kappa shape index (κ1) is 21.6. The van der Waals surface area contributed by atoms with Crippen LogP contribution in [0.4, 0.5) is 19.0 Å². The third-order valence-electron chi connectivity index (χ3n) is 4.97. The number of furan rings is 1. The summed E-state index contributed by atoms with van der Waals surface area (Å²) >= 11 is 0. The smallest absolute Gasteiger partial charge is 0.475 e. The summed E-state index contributed by atoms with van der Waals surface area (Å²) in [6.07, 6.45) is 3.67. The molecule has 2 aliphatic heterocycles. The number of amides is 1. The maximum Gasteiger partial charge on any atom is 0.490 e. The lowest BCUT2D eigenvalue weighted by Gasteiger charge is -2.21. The van der Waals surface area contributed by atoms with Crippen molar-refractivity contribution in [1.29, 1.82) is 0 Å². The zero-order valence-electron chi connectivity index (χ0n) is 16.1. The Bertz CT molecular complexity index is 880. The molecule has 1 N–H and O–H groups in total. The van der Waals surface area contributed by atoms with Crippen LogP contribution in [-0.4, -0.2) is 64.2 Å². The second-order valence-electron chi connectivity index (χ2n) is 6.92. The number of rotatable bonds is 2. The number of nitrogens with zero attached hydrogens (tertiary/aromatic N) is 4. The molecule has 2 aromatic rings. The molecular formula is C19H21F3N4O4. The van der Waals surface area contributed by atoms with E-state index < -0.39 is 12.1 Å². The topological polar surface area (TPSA) is 99.8 Å². The average Bonchev–Trinajstić information content (AvgIpc) is 3.38. The standard InChI is InChI=1S/C17H20N4O2.C2HF3O2/c22-17(13-5-10-23-11-13)21-8-3-14-15(4-9-21)18-12-19-16(14)20-6-1-2-7-20;3-2(4,5)1(6)7/h5,10-12H,1-4,6-9H2;(H,6,7). The molecule has 0 bridgehead atoms. The van der Waals surface area contributed by atoms with Crippen molar-refractivity contribution < 1.29 is 32.3 Å². The van der Waals surface area contributed by atoms with Gasteiger partial charge < -0.3 is 19.3 Å². The van der Waals surface area contributed by atoms with Gasteiger partial charge in [0, 0.05) is 38.2 Å². The molecular weight excluding hydrogens is 405 g/mol. The molecule has 8 nitrogen and oxygen atoms in total. The van der Waals surface area contributed by atoms with Crippen LogP contribution in [0.3, 0.4) is 0 Å². The van der Waals surface area contributed by atoms with Crippen LogP contribution in [0.1, 0.15) is 34.5 Å². The zero-order valence-corrected chi connectivity index (χ0v) is 16.1. The fourth-order valence-electron chi connectivity index (χ4n) is 3.48. The molecule has 0 saturated carbocycles. The SMILES string of the molecule is O=C(O)C(F)(F)F.O=C(c1ccoc1)N1CCc2ncnc(N3CCCC3)c2CC1. The van der Waals surface area contributed by atoms with Gasteiger partial charge in [-0.3, -0.25) is 4.79 Å². The van der Waals surface area contributed by atoms with Crippen LogP contribution in [0.2, 0.25) is 0 Å². The van der Waals surface area contributed by atoms with E-state index in [4.69, 9.17) is 14.3 Å². The van der Waals surface area contributed by atoms with Gasteiger partial charge >= 0.3 is 12.1 Å². The highest BCUT2D eigenvalue weighted by Crippen LogP contribution is 2.26. The number of aliphatic carboxylic acids is 1. The number of carbonyl (C=O) groups excluding carboxylic acids is 1. The zero-order chi connectivity index (χ0) is 21.7. The van der Waals surface area contributed by atoms with E-state index in [0.717, 1.165) is 37.4 Å². The van der Waals surface area contributed by atoms with Crippen LogP contribution in [-0.2, 0) is 17.6 Å². The monoisotopic (exact) mass is 426 g/mol. The van der Waals surface area contributed by atoms with Crippen LogP contribution in [0.5, 0.6) is 0 Å². The molecule has 4 heterocycles. The molecule has 1 saturated heterocycles. The van der Waals surface area contributed by atoms with Gasteiger partial charge in [-0.25, -0.2) is 14.8 Å². The van der Waals surface area contributed by atoms with Crippen LogP contribution in [0.25, 0.3) is 0 Å². The second kappa shape index (κ2) is 9.14. The highest BCUT2D eigenvalue weighted by molar-refractivity contribution is 5.93. The van der Waals surface area contributed by atoms with Gasteiger partial charge in [-0.15, -0.1) is 0 Å². The van der Waals surface area contributed by atoms with E-state index in [1.165, 1.54) is 30.9 Å². The third kappa shape index (κ3) is 5.08. The van der Waals surface area contributed by atoms with E-state index in [1.54, 1.807) is 12.4 Å². The first-order valence-corrected chi connectivity index (χ1v) is 9.46. The molecule has 162 valence electrons. The van der Waals surface area contributed by atoms with E-state index in [9.17, 15) is 18.0 Å². The third-order valence-corrected chi connectivity index (χ3v) is 4.97. The first-order chi connectivity index (χ1) is 14.3. The minimum absolute atomic E-state index is 0.0298. The van der Waals surface area contributed by atoms with E-state index >= 15 is 0 Å². The van der Waals surface area contributed by atoms with Gasteiger partial charge in [0.1, 0.15) is 18.4 Å². The molecule has 0 spiro atoms. The number of carbonyl (C=O) groups is 2. The Balaban J connectivity index is 0.000000318. The Morgan fingerprint density at radius 3 is 2.33 bits per heavy atom. The van der Waals surface area contributed by atoms with Crippen LogP contribution < -0.4 is 4.90 Å². The minimum atomic E-state index is -5.08. The van der Waals surface area contributed by atoms with Crippen molar-refractivity contribution in [2.75, 3.05) is 31.1 Å². The van der Waals surface area contributed by atoms with E-state index in [-0.39, 0.29) is 5.91 Å². The number of fused-ring (bicyclic) bond motifs is 1. The molecule has 1 amide bonds. The van der Waals surface area contributed by atoms with Crippen molar-refractivity contribution in [3.8, 4) is 0 Å². The van der Waals surface area contributed by atoms with Gasteiger partial charge in [-0.05, 0) is 25.3 Å². The number of hydrogen-bond acceptors (Lipinski definition) is 6. The summed E-state index contributed by atoms with van der Waals surface area (Å²) in [5.41, 5.74) is 2.92. The lowest BCUT2D eigenvalue weighted by atomic mass is 10.1. The summed E-state index contributed by atoms with van der Waals surface area (Å²) in [5.74, 6) is -1.65. The van der Waals surface area contributed by atoms with Crippen molar-refractivity contribution in [1.82, 2.24) is 14.9 Å². The summed E-state index contributed by atoms with van der Waals surface area (Å²) in [7, 11) is 0. The summed E-state index contributed by atoms with van der Waals surface area (Å²) in [5, 5.41) is 7.12. The van der Waals surface area contributed by atoms with E-state index in [0.29, 0.717) is 18.7 Å². The number of aromatic nitrogens is 2. The van der Waals surface area contributed by atoms with Gasteiger partial charge in [0.15, 0.2) is 0 Å². The van der Waals surface area contributed by atoms with Crippen molar-refractivity contribution in [2.45, 2.75) is 31.9 Å². The van der Waals surface area contributed by atoms with Crippen molar-refractivity contribution >= 4 is 17.7 Å². The van der Waals surface area contributed by atoms with Gasteiger partial charge in [0.05, 0.1) is 17.5 Å². The predicted molar refractivity (Wildman–Crippen MR) is 99.2 cm³/mol. The van der Waals surface area contributed by atoms with Crippen molar-refractivity contribution in [3.63, 3.8) is 0 Å². The fourth-order valence-corrected chi connectivity index (χ4v) is 3.48. The van der Waals surface area contributed by atoms with Gasteiger partial charge in [0.25, 0.3) is 5.91 Å². The maximum atomic E-state index is 12.5. The largest absolute Gasteiger partial charge is 0.490 e. The molecule has 0 unspecified atom stereocenters. The maximum absolute atomic E-state index is 12.5. The Labute approximate surface area is 170 Å². The highest BCUT2D eigenvalue weighted by Gasteiger charge is 2.38. The Hall–Kier alpha value is -3.11. The number of alkyl halides is 3. The Morgan fingerprint density at radius 2 is 1.73 bits per heavy atom. The van der Waals surface area contributed by atoms with Crippen molar-refractivity contribution in [3.05, 3.63) is 41.7 Å². The summed E-state index contributed by atoms with van der Waals surface area (Å²) in [6, 6.07) is 1.72. The minimum Gasteiger partial charge on any atom is -0.475 e. The van der Waals surface area contributed by atoms with Gasteiger partial charge in [0.2, 0.25) is 0 Å². The molecule has 2 aliphatic rings. The Kier molecular flexibility index (Phi) is 6.58. The molecule has 0 aromatic carbocycles. The summed E-state index contributed by atoms with van der Waals surface area (Å²) < 4.78 is 36.8. The predicted octanol–water partition coefficient (Wildman–Crippen LogP) is 2.54. The molecule has 4 rings (SSSR count). The van der Waals surface area contributed by atoms with Crippen molar-refractivity contribution in [2.24, 2.45) is 0 Å². The second-order valence-corrected chi connectivity index (χ2v) is 6.92. The van der Waals surface area contributed by atoms with E-state index in [2.05, 4.69) is 14.9 Å². The number of halogens is 3. The average molecular weight is 426 g/mol. The lowest BCUT2D eigenvalue weighted by Crippen LogP contribution is -2.33. The van der Waals surface area contributed by atoms with Gasteiger partial charge in [-0.2, -0.15) is 13.2 Å². The molecule has 0 atom stereocenters. The fraction of sp³-hybridized carbons (Fsp3) is 0.474. The number of carboxylic acids is 1. The molecule has 0 radical (unpaired) electrons. The normalized spacial score (nSPS) is 16.4. The lowest BCUT2D eigenvalue weighted by molar-refractivity contribution is -0.192. The van der Waals surface area contributed by atoms with Gasteiger partial charge in [-0.1, -0.05) is 0 Å². The number of hydrogen-bond donors (Lipinski definition) is 1.